The molecule has 0 aromatic carbocycles. The zero-order chi connectivity index (χ0) is 14.6. The molecule has 0 unspecified atom stereocenters. The van der Waals surface area contributed by atoms with E-state index in [9.17, 15) is 4.79 Å². The Labute approximate surface area is 119 Å². The fraction of sp³-hybridized carbons (Fsp3) is 0.714. The highest BCUT2D eigenvalue weighted by atomic mass is 16.6. The Kier molecular flexibility index (Phi) is 4.65. The molecule has 0 bridgehead atoms. The highest BCUT2D eigenvalue weighted by Gasteiger charge is 2.26. The number of hydrogen-bond donors (Lipinski definition) is 2. The monoisotopic (exact) mass is 280 g/mol. The predicted molar refractivity (Wildman–Crippen MR) is 76.3 cm³/mol. The fourth-order valence-electron chi connectivity index (χ4n) is 2.23. The van der Waals surface area contributed by atoms with Gasteiger partial charge in [-0.25, -0.2) is 4.79 Å². The third-order valence-electron chi connectivity index (χ3n) is 3.30. The van der Waals surface area contributed by atoms with Crippen LogP contribution in [-0.2, 0) is 11.3 Å². The van der Waals surface area contributed by atoms with Gasteiger partial charge in [0.1, 0.15) is 5.60 Å². The average molecular weight is 280 g/mol. The second-order valence-corrected chi connectivity index (χ2v) is 6.23. The molecule has 112 valence electrons. The zero-order valence-electron chi connectivity index (χ0n) is 12.5. The van der Waals surface area contributed by atoms with E-state index in [-0.39, 0.29) is 6.09 Å². The molecule has 1 aliphatic heterocycles. The molecule has 20 heavy (non-hydrogen) atoms. The Hall–Kier alpha value is -1.56. The Morgan fingerprint density at radius 1 is 1.50 bits per heavy atom. The Morgan fingerprint density at radius 3 is 2.75 bits per heavy atom. The van der Waals surface area contributed by atoms with E-state index in [1.165, 1.54) is 0 Å². The summed E-state index contributed by atoms with van der Waals surface area (Å²) in [5.74, 6) is 0. The number of ether oxygens (including phenoxy) is 1. The lowest BCUT2D eigenvalue weighted by Crippen LogP contribution is -2.46. The molecule has 0 spiro atoms. The van der Waals surface area contributed by atoms with E-state index >= 15 is 0 Å². The van der Waals surface area contributed by atoms with Crippen LogP contribution in [0, 0.1) is 0 Å². The van der Waals surface area contributed by atoms with Gasteiger partial charge in [0.15, 0.2) is 0 Å². The summed E-state index contributed by atoms with van der Waals surface area (Å²) in [6.07, 6.45) is 5.42. The molecule has 1 aliphatic rings. The van der Waals surface area contributed by atoms with Crippen molar-refractivity contribution in [1.82, 2.24) is 20.4 Å². The number of aromatic amines is 1. The molecule has 1 fully saturated rings. The van der Waals surface area contributed by atoms with Crippen LogP contribution in [0.2, 0.25) is 0 Å². The van der Waals surface area contributed by atoms with E-state index in [4.69, 9.17) is 4.74 Å². The number of carbonyl (C=O) groups is 1. The van der Waals surface area contributed by atoms with Crippen LogP contribution in [0.4, 0.5) is 4.79 Å². The Balaban J connectivity index is 1.71. The highest BCUT2D eigenvalue weighted by Crippen LogP contribution is 2.15. The molecule has 0 atom stereocenters. The molecule has 6 heteroatoms. The third-order valence-corrected chi connectivity index (χ3v) is 3.30. The van der Waals surface area contributed by atoms with E-state index in [0.717, 1.165) is 38.0 Å². The van der Waals surface area contributed by atoms with Gasteiger partial charge in [-0.3, -0.25) is 5.10 Å². The molecule has 2 N–H and O–H groups in total. The molecular formula is C14H24N4O2. The van der Waals surface area contributed by atoms with Gasteiger partial charge in [0.05, 0.1) is 6.20 Å². The van der Waals surface area contributed by atoms with E-state index in [0.29, 0.717) is 6.04 Å². The van der Waals surface area contributed by atoms with Crippen LogP contribution in [-0.4, -0.2) is 45.9 Å². The number of hydrogen-bond acceptors (Lipinski definition) is 4. The van der Waals surface area contributed by atoms with Gasteiger partial charge >= 0.3 is 6.09 Å². The van der Waals surface area contributed by atoms with Crippen LogP contribution in [0.1, 0.15) is 39.2 Å². The van der Waals surface area contributed by atoms with Gasteiger partial charge in [-0.2, -0.15) is 5.10 Å². The van der Waals surface area contributed by atoms with E-state index in [2.05, 4.69) is 15.5 Å². The first-order chi connectivity index (χ1) is 9.44. The smallest absolute Gasteiger partial charge is 0.410 e. The van der Waals surface area contributed by atoms with Crippen molar-refractivity contribution in [2.24, 2.45) is 0 Å². The number of piperidine rings is 1. The maximum atomic E-state index is 11.9. The van der Waals surface area contributed by atoms with Gasteiger partial charge in [-0.15, -0.1) is 0 Å². The molecule has 2 rings (SSSR count). The Morgan fingerprint density at radius 2 is 2.20 bits per heavy atom. The molecule has 0 aliphatic carbocycles. The SMILES string of the molecule is CC(C)(C)OC(=O)N1CCC(NCc2cn[nH]c2)CC1. The quantitative estimate of drug-likeness (QED) is 0.887. The second-order valence-electron chi connectivity index (χ2n) is 6.23. The second kappa shape index (κ2) is 6.26. The molecule has 1 aromatic rings. The van der Waals surface area contributed by atoms with Crippen molar-refractivity contribution in [2.75, 3.05) is 13.1 Å². The highest BCUT2D eigenvalue weighted by molar-refractivity contribution is 5.68. The van der Waals surface area contributed by atoms with Gasteiger partial charge in [0.2, 0.25) is 0 Å². The number of carbonyl (C=O) groups excluding carboxylic acids is 1. The summed E-state index contributed by atoms with van der Waals surface area (Å²) in [5, 5.41) is 10.2. The summed E-state index contributed by atoms with van der Waals surface area (Å²) in [6, 6.07) is 0.448. The lowest BCUT2D eigenvalue weighted by atomic mass is 10.1. The van der Waals surface area contributed by atoms with Gasteiger partial charge in [0.25, 0.3) is 0 Å². The van der Waals surface area contributed by atoms with Crippen LogP contribution < -0.4 is 5.32 Å². The first-order valence-electron chi connectivity index (χ1n) is 7.13. The van der Waals surface area contributed by atoms with Crippen LogP contribution in [0.25, 0.3) is 0 Å². The number of H-pyrrole nitrogens is 1. The van der Waals surface area contributed by atoms with Crippen molar-refractivity contribution >= 4 is 6.09 Å². The third kappa shape index (κ3) is 4.52. The number of nitrogens with one attached hydrogen (secondary N) is 2. The average Bonchev–Trinajstić information content (AvgIpc) is 2.88. The largest absolute Gasteiger partial charge is 0.444 e. The topological polar surface area (TPSA) is 70.2 Å². The van der Waals surface area contributed by atoms with Crippen LogP contribution in [0.15, 0.2) is 12.4 Å². The van der Waals surface area contributed by atoms with Crippen LogP contribution >= 0.6 is 0 Å². The minimum atomic E-state index is -0.423. The normalized spacial score (nSPS) is 17.2. The molecule has 1 saturated heterocycles. The van der Waals surface area contributed by atoms with Gasteiger partial charge < -0.3 is 15.0 Å². The van der Waals surface area contributed by atoms with E-state index in [1.54, 1.807) is 4.90 Å². The standard InChI is InChI=1S/C14H24N4O2/c1-14(2,3)20-13(19)18-6-4-12(5-7-18)15-8-11-9-16-17-10-11/h9-10,12,15H,4-8H2,1-3H3,(H,16,17). The van der Waals surface area contributed by atoms with Crippen molar-refractivity contribution in [3.63, 3.8) is 0 Å². The molecule has 0 radical (unpaired) electrons. The molecule has 2 heterocycles. The maximum absolute atomic E-state index is 11.9. The van der Waals surface area contributed by atoms with Crippen molar-refractivity contribution < 1.29 is 9.53 Å². The lowest BCUT2D eigenvalue weighted by Gasteiger charge is -2.33. The van der Waals surface area contributed by atoms with Crippen LogP contribution in [0.3, 0.4) is 0 Å². The minimum Gasteiger partial charge on any atom is -0.444 e. The van der Waals surface area contributed by atoms with Crippen molar-refractivity contribution in [2.45, 2.75) is 51.8 Å². The van der Waals surface area contributed by atoms with Crippen LogP contribution in [0.5, 0.6) is 0 Å². The summed E-state index contributed by atoms with van der Waals surface area (Å²) in [7, 11) is 0. The summed E-state index contributed by atoms with van der Waals surface area (Å²) >= 11 is 0. The van der Waals surface area contributed by atoms with Crippen molar-refractivity contribution in [3.8, 4) is 0 Å². The molecule has 6 nitrogen and oxygen atoms in total. The molecule has 0 saturated carbocycles. The fourth-order valence-corrected chi connectivity index (χ4v) is 2.23. The zero-order valence-corrected chi connectivity index (χ0v) is 12.5. The number of aromatic nitrogens is 2. The number of nitrogens with zero attached hydrogens (tertiary/aromatic N) is 2. The minimum absolute atomic E-state index is 0.203. The summed E-state index contributed by atoms with van der Waals surface area (Å²) in [6.45, 7) is 7.99. The molecular weight excluding hydrogens is 256 g/mol. The van der Waals surface area contributed by atoms with Gasteiger partial charge in [-0.1, -0.05) is 0 Å². The number of likely N-dealkylation sites (tertiary alicyclic amines) is 1. The summed E-state index contributed by atoms with van der Waals surface area (Å²) in [4.78, 5) is 13.7. The summed E-state index contributed by atoms with van der Waals surface area (Å²) in [5.41, 5.74) is 0.729. The van der Waals surface area contributed by atoms with Gasteiger partial charge in [-0.05, 0) is 33.6 Å². The summed E-state index contributed by atoms with van der Waals surface area (Å²) < 4.78 is 5.39. The Bertz CT molecular complexity index is 417. The first kappa shape index (κ1) is 14.8. The van der Waals surface area contributed by atoms with E-state index in [1.807, 2.05) is 33.2 Å². The molecule has 1 aromatic heterocycles. The number of amides is 1. The van der Waals surface area contributed by atoms with E-state index < -0.39 is 5.60 Å². The lowest BCUT2D eigenvalue weighted by molar-refractivity contribution is 0.0198. The van der Waals surface area contributed by atoms with Gasteiger partial charge in [0, 0.05) is 37.4 Å². The van der Waals surface area contributed by atoms with Crippen molar-refractivity contribution in [1.29, 1.82) is 0 Å². The molecule has 1 amide bonds. The van der Waals surface area contributed by atoms with Crippen molar-refractivity contribution in [3.05, 3.63) is 18.0 Å². The number of rotatable bonds is 3. The first-order valence-corrected chi connectivity index (χ1v) is 7.13. The maximum Gasteiger partial charge on any atom is 0.410 e. The predicted octanol–water partition coefficient (Wildman–Crippen LogP) is 1.90.